The maximum atomic E-state index is 14.3. The highest BCUT2D eigenvalue weighted by Crippen LogP contribution is 2.30. The molecule has 0 aliphatic carbocycles. The van der Waals surface area contributed by atoms with Gasteiger partial charge in [0.25, 0.3) is 5.91 Å². The first-order valence-corrected chi connectivity index (χ1v) is 9.02. The van der Waals surface area contributed by atoms with Crippen molar-refractivity contribution in [1.29, 1.82) is 0 Å². The zero-order valence-electron chi connectivity index (χ0n) is 15.1. The van der Waals surface area contributed by atoms with Crippen LogP contribution in [0.1, 0.15) is 34.1 Å². The number of aryl methyl sites for hydroxylation is 1. The second-order valence-corrected chi connectivity index (χ2v) is 6.87. The van der Waals surface area contributed by atoms with E-state index in [1.165, 1.54) is 12.3 Å². The van der Waals surface area contributed by atoms with Gasteiger partial charge in [-0.25, -0.2) is 4.39 Å². The topological polar surface area (TPSA) is 88.0 Å². The van der Waals surface area contributed by atoms with Crippen molar-refractivity contribution in [3.63, 3.8) is 0 Å². The SMILES string of the molecule is Cc1[nH]cc(C(=O)N[C@@H](CC(N)=O)c2cccc(Cl)c2)c1-c1ccccc1F. The third-order valence-electron chi connectivity index (χ3n) is 4.43. The van der Waals surface area contributed by atoms with E-state index >= 15 is 0 Å². The fourth-order valence-corrected chi connectivity index (χ4v) is 3.33. The summed E-state index contributed by atoms with van der Waals surface area (Å²) in [4.78, 5) is 27.4. The molecule has 1 heterocycles. The molecule has 7 heteroatoms. The van der Waals surface area contributed by atoms with Gasteiger partial charge in [-0.3, -0.25) is 9.59 Å². The molecule has 0 fully saturated rings. The Balaban J connectivity index is 1.95. The van der Waals surface area contributed by atoms with Crippen molar-refractivity contribution in [2.24, 2.45) is 5.73 Å². The first-order chi connectivity index (χ1) is 13.4. The van der Waals surface area contributed by atoms with Crippen LogP contribution in [-0.4, -0.2) is 16.8 Å². The zero-order valence-corrected chi connectivity index (χ0v) is 15.9. The number of aromatic amines is 1. The number of nitrogens with one attached hydrogen (secondary N) is 2. The van der Waals surface area contributed by atoms with E-state index in [9.17, 15) is 14.0 Å². The van der Waals surface area contributed by atoms with E-state index in [1.54, 1.807) is 49.4 Å². The number of nitrogens with two attached hydrogens (primary N) is 1. The number of rotatable bonds is 6. The molecular formula is C21H19ClFN3O2. The van der Waals surface area contributed by atoms with Crippen LogP contribution in [0.25, 0.3) is 11.1 Å². The molecule has 144 valence electrons. The van der Waals surface area contributed by atoms with Crippen molar-refractivity contribution < 1.29 is 14.0 Å². The summed E-state index contributed by atoms with van der Waals surface area (Å²) in [5.74, 6) is -1.44. The van der Waals surface area contributed by atoms with Crippen LogP contribution >= 0.6 is 11.6 Å². The second kappa shape index (κ2) is 8.27. The van der Waals surface area contributed by atoms with Gasteiger partial charge >= 0.3 is 0 Å². The molecule has 28 heavy (non-hydrogen) atoms. The van der Waals surface area contributed by atoms with Crippen LogP contribution in [0, 0.1) is 12.7 Å². The van der Waals surface area contributed by atoms with E-state index in [0.29, 0.717) is 27.4 Å². The second-order valence-electron chi connectivity index (χ2n) is 6.43. The molecule has 1 atom stereocenters. The van der Waals surface area contributed by atoms with Crippen molar-refractivity contribution in [3.8, 4) is 11.1 Å². The number of amides is 2. The van der Waals surface area contributed by atoms with Gasteiger partial charge in [0.1, 0.15) is 5.82 Å². The van der Waals surface area contributed by atoms with Gasteiger partial charge in [0.05, 0.1) is 18.0 Å². The first-order valence-electron chi connectivity index (χ1n) is 8.64. The zero-order chi connectivity index (χ0) is 20.3. The minimum Gasteiger partial charge on any atom is -0.370 e. The lowest BCUT2D eigenvalue weighted by atomic mass is 9.99. The molecule has 0 radical (unpaired) electrons. The van der Waals surface area contributed by atoms with Gasteiger partial charge in [0.2, 0.25) is 5.91 Å². The van der Waals surface area contributed by atoms with E-state index in [4.69, 9.17) is 17.3 Å². The largest absolute Gasteiger partial charge is 0.370 e. The van der Waals surface area contributed by atoms with Crippen molar-refractivity contribution >= 4 is 23.4 Å². The average molecular weight is 400 g/mol. The predicted molar refractivity (Wildman–Crippen MR) is 106 cm³/mol. The minimum atomic E-state index is -0.660. The maximum absolute atomic E-state index is 14.3. The van der Waals surface area contributed by atoms with Crippen molar-refractivity contribution in [2.75, 3.05) is 0 Å². The van der Waals surface area contributed by atoms with Crippen molar-refractivity contribution in [1.82, 2.24) is 10.3 Å². The van der Waals surface area contributed by atoms with Crippen LogP contribution in [0.2, 0.25) is 5.02 Å². The predicted octanol–water partition coefficient (Wildman–Crippen LogP) is 4.13. The third-order valence-corrected chi connectivity index (χ3v) is 4.66. The van der Waals surface area contributed by atoms with Crippen LogP contribution < -0.4 is 11.1 Å². The number of aromatic nitrogens is 1. The highest BCUT2D eigenvalue weighted by atomic mass is 35.5. The van der Waals surface area contributed by atoms with E-state index in [-0.39, 0.29) is 12.0 Å². The lowest BCUT2D eigenvalue weighted by Gasteiger charge is -2.18. The molecule has 0 bridgehead atoms. The summed E-state index contributed by atoms with van der Waals surface area (Å²) in [6.07, 6.45) is 1.43. The number of halogens is 2. The van der Waals surface area contributed by atoms with Crippen molar-refractivity contribution in [3.05, 3.63) is 82.4 Å². The maximum Gasteiger partial charge on any atom is 0.253 e. The number of benzene rings is 2. The van der Waals surface area contributed by atoms with Crippen molar-refractivity contribution in [2.45, 2.75) is 19.4 Å². The van der Waals surface area contributed by atoms with E-state index in [2.05, 4.69) is 10.3 Å². The summed E-state index contributed by atoms with van der Waals surface area (Å²) < 4.78 is 14.3. The molecule has 0 saturated carbocycles. The van der Waals surface area contributed by atoms with Gasteiger partial charge < -0.3 is 16.0 Å². The van der Waals surface area contributed by atoms with Crippen LogP contribution in [0.5, 0.6) is 0 Å². The van der Waals surface area contributed by atoms with E-state index in [0.717, 1.165) is 0 Å². The monoisotopic (exact) mass is 399 g/mol. The smallest absolute Gasteiger partial charge is 0.253 e. The molecule has 3 rings (SSSR count). The normalized spacial score (nSPS) is 11.8. The number of carbonyl (C=O) groups is 2. The molecule has 0 saturated heterocycles. The summed E-state index contributed by atoms with van der Waals surface area (Å²) in [6.45, 7) is 1.76. The molecule has 0 spiro atoms. The number of carbonyl (C=O) groups excluding carboxylic acids is 2. The highest BCUT2D eigenvalue weighted by molar-refractivity contribution is 6.30. The Bertz CT molecular complexity index is 1030. The van der Waals surface area contributed by atoms with Gasteiger partial charge in [-0.1, -0.05) is 41.9 Å². The van der Waals surface area contributed by atoms with Gasteiger partial charge in [-0.15, -0.1) is 0 Å². The summed E-state index contributed by atoms with van der Waals surface area (Å²) in [7, 11) is 0. The Labute approximate surface area is 166 Å². The molecule has 1 aromatic heterocycles. The van der Waals surface area contributed by atoms with Crippen LogP contribution in [0.4, 0.5) is 4.39 Å². The molecule has 2 amide bonds. The van der Waals surface area contributed by atoms with Gasteiger partial charge in [0, 0.05) is 28.0 Å². The van der Waals surface area contributed by atoms with Gasteiger partial charge in [-0.05, 0) is 30.7 Å². The Morgan fingerprint density at radius 2 is 1.96 bits per heavy atom. The lowest BCUT2D eigenvalue weighted by Crippen LogP contribution is -2.32. The number of H-pyrrole nitrogens is 1. The lowest BCUT2D eigenvalue weighted by molar-refractivity contribution is -0.118. The summed E-state index contributed by atoms with van der Waals surface area (Å²) in [5.41, 5.74) is 7.73. The standard InChI is InChI=1S/C21H19ClFN3O2/c1-12-20(15-7-2-3-8-17(15)23)16(11-25-12)21(28)26-18(10-19(24)27)13-5-4-6-14(22)9-13/h2-9,11,18,25H,10H2,1H3,(H2,24,27)(H,26,28)/t18-/m0/s1. The highest BCUT2D eigenvalue weighted by Gasteiger charge is 2.23. The van der Waals surface area contributed by atoms with Gasteiger partial charge in [0.15, 0.2) is 0 Å². The summed E-state index contributed by atoms with van der Waals surface area (Å²) in [6, 6.07) is 12.4. The molecule has 0 aliphatic rings. The number of hydrogen-bond donors (Lipinski definition) is 3. The Kier molecular flexibility index (Phi) is 5.80. The Morgan fingerprint density at radius 1 is 1.21 bits per heavy atom. The van der Waals surface area contributed by atoms with Gasteiger partial charge in [-0.2, -0.15) is 0 Å². The molecule has 5 nitrogen and oxygen atoms in total. The van der Waals surface area contributed by atoms with E-state index < -0.39 is 23.7 Å². The molecule has 2 aromatic carbocycles. The molecular weight excluding hydrogens is 381 g/mol. The minimum absolute atomic E-state index is 0.0927. The Hall–Kier alpha value is -3.12. The molecule has 0 unspecified atom stereocenters. The van der Waals surface area contributed by atoms with E-state index in [1.807, 2.05) is 0 Å². The summed E-state index contributed by atoms with van der Waals surface area (Å²) >= 11 is 6.03. The molecule has 4 N–H and O–H groups in total. The fourth-order valence-electron chi connectivity index (χ4n) is 3.13. The average Bonchev–Trinajstić information content (AvgIpc) is 3.02. The first kappa shape index (κ1) is 19.6. The third kappa shape index (κ3) is 4.23. The fraction of sp³-hybridized carbons (Fsp3) is 0.143. The Morgan fingerprint density at radius 3 is 2.64 bits per heavy atom. The van der Waals surface area contributed by atoms with Crippen LogP contribution in [0.3, 0.4) is 0 Å². The van der Waals surface area contributed by atoms with Crippen LogP contribution in [-0.2, 0) is 4.79 Å². The molecule has 0 aliphatic heterocycles. The molecule has 3 aromatic rings. The summed E-state index contributed by atoms with van der Waals surface area (Å²) in [5, 5.41) is 3.29. The number of hydrogen-bond acceptors (Lipinski definition) is 2. The quantitative estimate of drug-likeness (QED) is 0.582. The number of primary amides is 1. The van der Waals surface area contributed by atoms with Crippen LogP contribution in [0.15, 0.2) is 54.7 Å².